The maximum Gasteiger partial charge on any atom is 0.0766 e. The average Bonchev–Trinajstić information content (AvgIpc) is 2.72. The highest BCUT2D eigenvalue weighted by Gasteiger charge is 2.19. The van der Waals surface area contributed by atoms with E-state index < -0.39 is 0 Å². The Bertz CT molecular complexity index is 592. The lowest BCUT2D eigenvalue weighted by Gasteiger charge is -2.19. The van der Waals surface area contributed by atoms with Crippen LogP contribution in [0, 0.1) is 6.92 Å². The molecule has 0 fully saturated rings. The monoisotopic (exact) mass is 336 g/mol. The lowest BCUT2D eigenvalue weighted by molar-refractivity contribution is 0.557. The van der Waals surface area contributed by atoms with Crippen LogP contribution in [0.1, 0.15) is 35.5 Å². The zero-order chi connectivity index (χ0) is 14.7. The molecule has 2 aromatic rings. The van der Waals surface area contributed by atoms with E-state index in [0.29, 0.717) is 0 Å². The van der Waals surface area contributed by atoms with Crippen molar-refractivity contribution in [3.8, 4) is 0 Å². The summed E-state index contributed by atoms with van der Waals surface area (Å²) < 4.78 is 3.11. The van der Waals surface area contributed by atoms with Gasteiger partial charge in [-0.05, 0) is 53.5 Å². The molecule has 108 valence electrons. The Morgan fingerprint density at radius 2 is 2.20 bits per heavy atom. The summed E-state index contributed by atoms with van der Waals surface area (Å²) in [6.45, 7) is 4.22. The fourth-order valence-corrected chi connectivity index (χ4v) is 3.26. The van der Waals surface area contributed by atoms with Crippen LogP contribution in [0.2, 0.25) is 0 Å². The number of aromatic nitrogens is 3. The first-order chi connectivity index (χ1) is 9.58. The number of hydrogen-bond donors (Lipinski definition) is 1. The van der Waals surface area contributed by atoms with Gasteiger partial charge in [0.2, 0.25) is 0 Å². The van der Waals surface area contributed by atoms with Crippen molar-refractivity contribution in [3.05, 3.63) is 45.4 Å². The second-order valence-electron chi connectivity index (χ2n) is 4.96. The molecule has 20 heavy (non-hydrogen) atoms. The van der Waals surface area contributed by atoms with E-state index in [9.17, 15) is 0 Å². The highest BCUT2D eigenvalue weighted by Crippen LogP contribution is 2.27. The van der Waals surface area contributed by atoms with Gasteiger partial charge in [0.25, 0.3) is 0 Å². The third-order valence-corrected chi connectivity index (χ3v) is 4.60. The van der Waals surface area contributed by atoms with Crippen LogP contribution >= 0.6 is 15.9 Å². The zero-order valence-electron chi connectivity index (χ0n) is 12.4. The lowest BCUT2D eigenvalue weighted by atomic mass is 9.99. The smallest absolute Gasteiger partial charge is 0.0766 e. The summed E-state index contributed by atoms with van der Waals surface area (Å²) in [6, 6.07) is 2.34. The molecule has 0 aliphatic rings. The predicted molar refractivity (Wildman–Crippen MR) is 84.8 cm³/mol. The minimum atomic E-state index is 0.259. The third-order valence-electron chi connectivity index (χ3n) is 3.69. The number of aryl methyl sites for hydroxylation is 3. The van der Waals surface area contributed by atoms with Gasteiger partial charge in [-0.15, -0.1) is 0 Å². The molecule has 0 radical (unpaired) electrons. The zero-order valence-corrected chi connectivity index (χ0v) is 14.0. The molecule has 0 saturated heterocycles. The fourth-order valence-electron chi connectivity index (χ4n) is 2.48. The van der Waals surface area contributed by atoms with Crippen molar-refractivity contribution >= 4 is 15.9 Å². The Morgan fingerprint density at radius 1 is 1.45 bits per heavy atom. The van der Waals surface area contributed by atoms with Crippen molar-refractivity contribution in [1.82, 2.24) is 20.1 Å². The Kier molecular flexibility index (Phi) is 4.94. The van der Waals surface area contributed by atoms with Crippen molar-refractivity contribution < 1.29 is 0 Å². The summed E-state index contributed by atoms with van der Waals surface area (Å²) in [5, 5.41) is 7.96. The molecule has 0 aromatic carbocycles. The average molecular weight is 337 g/mol. The maximum atomic E-state index is 4.56. The van der Waals surface area contributed by atoms with Crippen molar-refractivity contribution in [2.45, 2.75) is 32.7 Å². The van der Waals surface area contributed by atoms with Gasteiger partial charge in [-0.2, -0.15) is 5.10 Å². The Morgan fingerprint density at radius 3 is 2.75 bits per heavy atom. The first-order valence-electron chi connectivity index (χ1n) is 6.86. The molecule has 2 rings (SSSR count). The summed E-state index contributed by atoms with van der Waals surface area (Å²) in [7, 11) is 4.00. The Balaban J connectivity index is 2.32. The van der Waals surface area contributed by atoms with Crippen LogP contribution in [0.3, 0.4) is 0 Å². The minimum absolute atomic E-state index is 0.259. The molecule has 5 heteroatoms. The molecule has 1 atom stereocenters. The lowest BCUT2D eigenvalue weighted by Crippen LogP contribution is -2.21. The van der Waals surface area contributed by atoms with Gasteiger partial charge in [-0.3, -0.25) is 9.67 Å². The molecule has 2 heterocycles. The molecule has 0 bridgehead atoms. The Labute approximate surface area is 128 Å². The van der Waals surface area contributed by atoms with E-state index in [-0.39, 0.29) is 6.04 Å². The summed E-state index contributed by atoms with van der Waals surface area (Å²) in [4.78, 5) is 4.17. The largest absolute Gasteiger partial charge is 0.313 e. The molecule has 0 spiro atoms. The van der Waals surface area contributed by atoms with Crippen LogP contribution in [0.25, 0.3) is 0 Å². The van der Waals surface area contributed by atoms with Crippen LogP contribution in [-0.2, 0) is 19.9 Å². The Hall–Kier alpha value is -1.20. The van der Waals surface area contributed by atoms with Gasteiger partial charge in [0.1, 0.15) is 0 Å². The van der Waals surface area contributed by atoms with E-state index in [1.165, 1.54) is 16.8 Å². The van der Waals surface area contributed by atoms with Crippen LogP contribution in [0.5, 0.6) is 0 Å². The van der Waals surface area contributed by atoms with Crippen LogP contribution in [-0.4, -0.2) is 21.8 Å². The summed E-state index contributed by atoms with van der Waals surface area (Å²) in [5.74, 6) is 0. The number of likely N-dealkylation sites (N-methyl/N-ethyl adjacent to an activating group) is 1. The normalized spacial score (nSPS) is 12.7. The molecule has 0 aliphatic carbocycles. The molecule has 0 saturated carbocycles. The van der Waals surface area contributed by atoms with Crippen LogP contribution in [0.4, 0.5) is 0 Å². The summed E-state index contributed by atoms with van der Waals surface area (Å²) in [6.07, 6.45) is 5.59. The van der Waals surface area contributed by atoms with E-state index in [2.05, 4.69) is 51.2 Å². The topological polar surface area (TPSA) is 42.7 Å². The van der Waals surface area contributed by atoms with E-state index in [0.717, 1.165) is 23.0 Å². The molecular formula is C15H21BrN4. The summed E-state index contributed by atoms with van der Waals surface area (Å²) in [5.41, 5.74) is 4.83. The molecule has 0 amide bonds. The number of nitrogens with one attached hydrogen (secondary N) is 1. The van der Waals surface area contributed by atoms with Crippen molar-refractivity contribution in [2.24, 2.45) is 7.05 Å². The van der Waals surface area contributed by atoms with E-state index >= 15 is 0 Å². The third kappa shape index (κ3) is 2.94. The van der Waals surface area contributed by atoms with Gasteiger partial charge in [0.15, 0.2) is 0 Å². The first-order valence-corrected chi connectivity index (χ1v) is 7.65. The number of halogens is 1. The highest BCUT2D eigenvalue weighted by atomic mass is 79.9. The predicted octanol–water partition coefficient (Wildman–Crippen LogP) is 2.95. The quantitative estimate of drug-likeness (QED) is 0.912. The standard InChI is InChI=1S/C15H21BrN4/c1-5-12-15(16)14(20(4)19-12)8-13(17-3)11-6-7-18-9-10(11)2/h6-7,9,13,17H,5,8H2,1-4H3. The number of nitrogens with zero attached hydrogens (tertiary/aromatic N) is 3. The number of pyridine rings is 1. The second-order valence-corrected chi connectivity index (χ2v) is 5.76. The highest BCUT2D eigenvalue weighted by molar-refractivity contribution is 9.10. The van der Waals surface area contributed by atoms with Gasteiger partial charge < -0.3 is 5.32 Å². The van der Waals surface area contributed by atoms with Gasteiger partial charge >= 0.3 is 0 Å². The van der Waals surface area contributed by atoms with Gasteiger partial charge in [0, 0.05) is 31.9 Å². The van der Waals surface area contributed by atoms with Crippen molar-refractivity contribution in [2.75, 3.05) is 7.05 Å². The van der Waals surface area contributed by atoms with Crippen LogP contribution in [0.15, 0.2) is 22.9 Å². The van der Waals surface area contributed by atoms with Gasteiger partial charge in [-0.1, -0.05) is 6.92 Å². The SMILES string of the molecule is CCc1nn(C)c(CC(NC)c2ccncc2C)c1Br. The number of hydrogen-bond acceptors (Lipinski definition) is 3. The molecular weight excluding hydrogens is 316 g/mol. The maximum absolute atomic E-state index is 4.56. The summed E-state index contributed by atoms with van der Waals surface area (Å²) >= 11 is 3.69. The van der Waals surface area contributed by atoms with E-state index in [4.69, 9.17) is 0 Å². The van der Waals surface area contributed by atoms with Gasteiger partial charge in [0.05, 0.1) is 15.9 Å². The minimum Gasteiger partial charge on any atom is -0.313 e. The fraction of sp³-hybridized carbons (Fsp3) is 0.467. The molecule has 2 aromatic heterocycles. The van der Waals surface area contributed by atoms with Gasteiger partial charge in [-0.25, -0.2) is 0 Å². The molecule has 4 nitrogen and oxygen atoms in total. The molecule has 1 unspecified atom stereocenters. The van der Waals surface area contributed by atoms with E-state index in [1.807, 2.05) is 31.2 Å². The van der Waals surface area contributed by atoms with E-state index in [1.54, 1.807) is 0 Å². The van der Waals surface area contributed by atoms with Crippen molar-refractivity contribution in [3.63, 3.8) is 0 Å². The van der Waals surface area contributed by atoms with Crippen LogP contribution < -0.4 is 5.32 Å². The molecule has 1 N–H and O–H groups in total. The first kappa shape index (κ1) is 15.2. The molecule has 0 aliphatic heterocycles. The second kappa shape index (κ2) is 6.50. The number of rotatable bonds is 5. The van der Waals surface area contributed by atoms with Crippen molar-refractivity contribution in [1.29, 1.82) is 0 Å².